The largest absolute Gasteiger partial charge is 0.496 e. The zero-order valence-corrected chi connectivity index (χ0v) is 12.6. The molecule has 21 heavy (non-hydrogen) atoms. The number of carboxylic acid groups (broad SMARTS) is 1. The van der Waals surface area contributed by atoms with Crippen LogP contribution in [0.1, 0.15) is 21.5 Å². The number of aryl methyl sites for hydroxylation is 1. The minimum absolute atomic E-state index is 0.136. The van der Waals surface area contributed by atoms with Crippen molar-refractivity contribution in [2.75, 3.05) is 7.11 Å². The normalized spacial score (nSPS) is 11.9. The minimum atomic E-state index is -1.32. The van der Waals surface area contributed by atoms with Gasteiger partial charge < -0.3 is 9.84 Å². The van der Waals surface area contributed by atoms with Crippen molar-refractivity contribution >= 4 is 16.8 Å². The van der Waals surface area contributed by atoms with Crippen LogP contribution in [-0.4, -0.2) is 22.4 Å². The summed E-state index contributed by atoms with van der Waals surface area (Å²) < 4.78 is 17.7. The van der Waals surface area contributed by atoms with E-state index in [0.29, 0.717) is 10.6 Å². The molecule has 0 bridgehead atoms. The standard InChI is InChI=1S/C16H16O4S/c1-11-6-7-15(20-2)13(8-11)10-21(19)14-5-3-4-12(9-14)16(17)18/h3-9H,10H2,1-2H3,(H,17,18). The third-order valence-electron chi connectivity index (χ3n) is 3.07. The maximum Gasteiger partial charge on any atom is 0.335 e. The van der Waals surface area contributed by atoms with Crippen molar-refractivity contribution in [1.82, 2.24) is 0 Å². The van der Waals surface area contributed by atoms with Crippen molar-refractivity contribution < 1.29 is 18.8 Å². The molecule has 0 saturated heterocycles. The molecule has 0 aliphatic carbocycles. The highest BCUT2D eigenvalue weighted by atomic mass is 32.2. The molecule has 2 aromatic rings. The zero-order valence-electron chi connectivity index (χ0n) is 11.8. The van der Waals surface area contributed by atoms with Gasteiger partial charge >= 0.3 is 5.97 Å². The van der Waals surface area contributed by atoms with E-state index in [2.05, 4.69) is 0 Å². The van der Waals surface area contributed by atoms with Crippen molar-refractivity contribution in [3.05, 3.63) is 59.2 Å². The van der Waals surface area contributed by atoms with Gasteiger partial charge in [0.1, 0.15) is 5.75 Å². The molecule has 0 spiro atoms. The Balaban J connectivity index is 2.28. The minimum Gasteiger partial charge on any atom is -0.496 e. The van der Waals surface area contributed by atoms with Crippen LogP contribution < -0.4 is 4.74 Å². The van der Waals surface area contributed by atoms with E-state index in [9.17, 15) is 9.00 Å². The van der Waals surface area contributed by atoms with Crippen LogP contribution in [0.5, 0.6) is 5.75 Å². The van der Waals surface area contributed by atoms with Gasteiger partial charge in [0.25, 0.3) is 0 Å². The average molecular weight is 304 g/mol. The Morgan fingerprint density at radius 1 is 1.24 bits per heavy atom. The molecule has 0 heterocycles. The zero-order chi connectivity index (χ0) is 15.4. The molecular formula is C16H16O4S. The number of carboxylic acids is 1. The van der Waals surface area contributed by atoms with Crippen LogP contribution in [0, 0.1) is 6.92 Å². The highest BCUT2D eigenvalue weighted by Gasteiger charge is 2.12. The number of aromatic carboxylic acids is 1. The molecule has 1 N–H and O–H groups in total. The summed E-state index contributed by atoms with van der Waals surface area (Å²) in [6, 6.07) is 11.9. The SMILES string of the molecule is COc1ccc(C)cc1CS(=O)c1cccc(C(=O)O)c1. The van der Waals surface area contributed by atoms with Gasteiger partial charge in [0.15, 0.2) is 0 Å². The summed E-state index contributed by atoms with van der Waals surface area (Å²) in [4.78, 5) is 11.5. The lowest BCUT2D eigenvalue weighted by Gasteiger charge is -2.09. The molecule has 4 nitrogen and oxygen atoms in total. The Hall–Kier alpha value is -2.14. The molecule has 5 heteroatoms. The highest BCUT2D eigenvalue weighted by molar-refractivity contribution is 7.84. The summed E-state index contributed by atoms with van der Waals surface area (Å²) in [7, 11) is 0.247. The highest BCUT2D eigenvalue weighted by Crippen LogP contribution is 2.23. The van der Waals surface area contributed by atoms with Crippen LogP contribution in [0.3, 0.4) is 0 Å². The topological polar surface area (TPSA) is 63.6 Å². The number of ether oxygens (including phenoxy) is 1. The fraction of sp³-hybridized carbons (Fsp3) is 0.188. The van der Waals surface area contributed by atoms with Gasteiger partial charge in [-0.3, -0.25) is 4.21 Å². The van der Waals surface area contributed by atoms with Crippen molar-refractivity contribution in [3.63, 3.8) is 0 Å². The molecule has 1 atom stereocenters. The van der Waals surface area contributed by atoms with E-state index in [1.807, 2.05) is 25.1 Å². The summed E-state index contributed by atoms with van der Waals surface area (Å²) in [5.41, 5.74) is 2.04. The van der Waals surface area contributed by atoms with Gasteiger partial charge in [-0.25, -0.2) is 4.79 Å². The van der Waals surface area contributed by atoms with Gasteiger partial charge in [-0.05, 0) is 31.2 Å². The molecule has 2 rings (SSSR count). The third-order valence-corrected chi connectivity index (χ3v) is 4.42. The summed E-state index contributed by atoms with van der Waals surface area (Å²) in [6.45, 7) is 1.96. The molecule has 0 saturated carbocycles. The van der Waals surface area contributed by atoms with Crippen LogP contribution >= 0.6 is 0 Å². The van der Waals surface area contributed by atoms with Gasteiger partial charge in [0.05, 0.1) is 29.2 Å². The Kier molecular flexibility index (Phi) is 4.75. The predicted molar refractivity (Wildman–Crippen MR) is 81.2 cm³/mol. The molecule has 1 unspecified atom stereocenters. The molecule has 0 radical (unpaired) electrons. The summed E-state index contributed by atoms with van der Waals surface area (Å²) in [5.74, 6) is -0.0567. The van der Waals surface area contributed by atoms with E-state index in [0.717, 1.165) is 11.1 Å². The number of carbonyl (C=O) groups is 1. The van der Waals surface area contributed by atoms with Gasteiger partial charge in [0.2, 0.25) is 0 Å². The summed E-state index contributed by atoms with van der Waals surface area (Å²) >= 11 is 0. The Morgan fingerprint density at radius 3 is 2.67 bits per heavy atom. The van der Waals surface area contributed by atoms with Crippen LogP contribution in [-0.2, 0) is 16.6 Å². The van der Waals surface area contributed by atoms with Crippen LogP contribution in [0.25, 0.3) is 0 Å². The Bertz CT molecular complexity index is 694. The fourth-order valence-corrected chi connectivity index (χ4v) is 3.18. The first kappa shape index (κ1) is 15.3. The molecule has 0 fully saturated rings. The van der Waals surface area contributed by atoms with E-state index >= 15 is 0 Å². The predicted octanol–water partition coefficient (Wildman–Crippen LogP) is 3.01. The Labute approximate surface area is 125 Å². The summed E-state index contributed by atoms with van der Waals surface area (Å²) in [6.07, 6.45) is 0. The first-order valence-corrected chi connectivity index (χ1v) is 7.68. The maximum absolute atomic E-state index is 12.4. The third kappa shape index (κ3) is 3.70. The monoisotopic (exact) mass is 304 g/mol. The molecule has 0 aromatic heterocycles. The van der Waals surface area contributed by atoms with Crippen molar-refractivity contribution in [2.45, 2.75) is 17.6 Å². The second kappa shape index (κ2) is 6.54. The van der Waals surface area contributed by atoms with Gasteiger partial charge in [-0.2, -0.15) is 0 Å². The Morgan fingerprint density at radius 2 is 2.00 bits per heavy atom. The molecule has 0 amide bonds. The van der Waals surface area contributed by atoms with Crippen LogP contribution in [0.4, 0.5) is 0 Å². The van der Waals surface area contributed by atoms with Crippen molar-refractivity contribution in [3.8, 4) is 5.75 Å². The van der Waals surface area contributed by atoms with Crippen molar-refractivity contribution in [2.24, 2.45) is 0 Å². The molecule has 0 aliphatic heterocycles. The first-order chi connectivity index (χ1) is 10.0. The van der Waals surface area contributed by atoms with E-state index < -0.39 is 16.8 Å². The molecule has 110 valence electrons. The number of hydrogen-bond acceptors (Lipinski definition) is 3. The van der Waals surface area contributed by atoms with Gasteiger partial charge in [-0.15, -0.1) is 0 Å². The average Bonchev–Trinajstić information content (AvgIpc) is 2.47. The van der Waals surface area contributed by atoms with Crippen molar-refractivity contribution in [1.29, 1.82) is 0 Å². The second-order valence-electron chi connectivity index (χ2n) is 4.64. The number of benzene rings is 2. The number of hydrogen-bond donors (Lipinski definition) is 1. The maximum atomic E-state index is 12.4. The second-order valence-corrected chi connectivity index (χ2v) is 6.09. The molecular weight excluding hydrogens is 288 g/mol. The van der Waals surface area contributed by atoms with Crippen LogP contribution in [0.2, 0.25) is 0 Å². The van der Waals surface area contributed by atoms with Gasteiger partial charge in [-0.1, -0.05) is 23.8 Å². The number of methoxy groups -OCH3 is 1. The van der Waals surface area contributed by atoms with Gasteiger partial charge in [0, 0.05) is 10.5 Å². The van der Waals surface area contributed by atoms with E-state index in [1.54, 1.807) is 19.2 Å². The molecule has 0 aliphatic rings. The van der Waals surface area contributed by atoms with E-state index in [1.165, 1.54) is 12.1 Å². The van der Waals surface area contributed by atoms with Crippen LogP contribution in [0.15, 0.2) is 47.4 Å². The lowest BCUT2D eigenvalue weighted by atomic mass is 10.1. The lowest BCUT2D eigenvalue weighted by Crippen LogP contribution is -2.02. The lowest BCUT2D eigenvalue weighted by molar-refractivity contribution is 0.0696. The fourth-order valence-electron chi connectivity index (χ4n) is 2.02. The van der Waals surface area contributed by atoms with E-state index in [4.69, 9.17) is 9.84 Å². The summed E-state index contributed by atoms with van der Waals surface area (Å²) in [5, 5.41) is 8.98. The van der Waals surface area contributed by atoms with E-state index in [-0.39, 0.29) is 11.3 Å². The molecule has 2 aromatic carbocycles. The number of rotatable bonds is 5. The quantitative estimate of drug-likeness (QED) is 0.922. The smallest absolute Gasteiger partial charge is 0.335 e. The first-order valence-electron chi connectivity index (χ1n) is 6.36.